The van der Waals surface area contributed by atoms with E-state index in [2.05, 4.69) is 10.3 Å². The second-order valence-corrected chi connectivity index (χ2v) is 5.13. The third-order valence-electron chi connectivity index (χ3n) is 3.15. The van der Waals surface area contributed by atoms with Gasteiger partial charge in [0.05, 0.1) is 0 Å². The van der Waals surface area contributed by atoms with E-state index < -0.39 is 0 Å². The monoisotopic (exact) mass is 318 g/mol. The van der Waals surface area contributed by atoms with Gasteiger partial charge in [-0.2, -0.15) is 0 Å². The summed E-state index contributed by atoms with van der Waals surface area (Å²) < 4.78 is 0. The molecular weight excluding hydrogens is 304 g/mol. The zero-order chi connectivity index (χ0) is 16.1. The van der Waals surface area contributed by atoms with Gasteiger partial charge in [-0.3, -0.25) is 9.59 Å². The van der Waals surface area contributed by atoms with Gasteiger partial charge in [0.15, 0.2) is 5.78 Å². The maximum Gasteiger partial charge on any atom is 0.220 e. The molecule has 114 valence electrons. The quantitative estimate of drug-likeness (QED) is 0.831. The summed E-state index contributed by atoms with van der Waals surface area (Å²) in [7, 11) is 1.50. The number of pyridine rings is 1. The number of Topliss-reactive ketones (excluding diaryl/α,β-unsaturated/α-hetero) is 1. The average molecular weight is 319 g/mol. The summed E-state index contributed by atoms with van der Waals surface area (Å²) in [5.74, 6) is -0.818. The lowest BCUT2D eigenvalue weighted by Crippen LogP contribution is -2.18. The molecule has 0 radical (unpaired) electrons. The zero-order valence-electron chi connectivity index (χ0n) is 12.0. The van der Waals surface area contributed by atoms with E-state index in [0.717, 1.165) is 5.56 Å². The largest absolute Gasteiger partial charge is 0.506 e. The second-order valence-electron chi connectivity index (χ2n) is 4.70. The smallest absolute Gasteiger partial charge is 0.220 e. The Bertz CT molecular complexity index is 716. The number of amides is 1. The Balaban J connectivity index is 2.19. The highest BCUT2D eigenvalue weighted by Crippen LogP contribution is 2.27. The number of hydrogen-bond donors (Lipinski definition) is 2. The van der Waals surface area contributed by atoms with Crippen LogP contribution in [-0.2, 0) is 4.79 Å². The van der Waals surface area contributed by atoms with Gasteiger partial charge in [0.1, 0.15) is 11.4 Å². The Morgan fingerprint density at radius 3 is 2.64 bits per heavy atom. The summed E-state index contributed by atoms with van der Waals surface area (Å²) in [6.07, 6.45) is 1.56. The van der Waals surface area contributed by atoms with Gasteiger partial charge < -0.3 is 10.4 Å². The molecule has 2 rings (SSSR count). The van der Waals surface area contributed by atoms with Crippen LogP contribution in [0.1, 0.15) is 23.3 Å². The minimum Gasteiger partial charge on any atom is -0.506 e. The lowest BCUT2D eigenvalue weighted by Gasteiger charge is -2.06. The molecule has 5 nitrogen and oxygen atoms in total. The fourth-order valence-corrected chi connectivity index (χ4v) is 2.15. The molecule has 1 heterocycles. The SMILES string of the molecule is CNC(=O)CCC(=O)c1ncc(-c2cccc(Cl)c2)cc1O. The van der Waals surface area contributed by atoms with Crippen molar-refractivity contribution in [1.29, 1.82) is 0 Å². The Kier molecular flexibility index (Phi) is 5.12. The van der Waals surface area contributed by atoms with Crippen LogP contribution < -0.4 is 5.32 Å². The fourth-order valence-electron chi connectivity index (χ4n) is 1.96. The molecule has 0 unspecified atom stereocenters. The maximum absolute atomic E-state index is 12.0. The van der Waals surface area contributed by atoms with Gasteiger partial charge in [0, 0.05) is 36.7 Å². The Labute approximate surface area is 133 Å². The first-order valence-corrected chi connectivity index (χ1v) is 7.08. The third-order valence-corrected chi connectivity index (χ3v) is 3.38. The second kappa shape index (κ2) is 7.04. The molecule has 0 aliphatic heterocycles. The zero-order valence-corrected chi connectivity index (χ0v) is 12.7. The summed E-state index contributed by atoms with van der Waals surface area (Å²) >= 11 is 5.93. The molecule has 6 heteroatoms. The molecule has 1 aromatic heterocycles. The number of nitrogens with one attached hydrogen (secondary N) is 1. The minimum atomic E-state index is -0.376. The number of aromatic hydroxyl groups is 1. The van der Waals surface area contributed by atoms with Crippen molar-refractivity contribution in [2.24, 2.45) is 0 Å². The van der Waals surface area contributed by atoms with Gasteiger partial charge in [0.2, 0.25) is 5.91 Å². The lowest BCUT2D eigenvalue weighted by atomic mass is 10.1. The maximum atomic E-state index is 12.0. The van der Waals surface area contributed by atoms with Crippen LogP contribution in [0.25, 0.3) is 11.1 Å². The van der Waals surface area contributed by atoms with E-state index in [4.69, 9.17) is 11.6 Å². The van der Waals surface area contributed by atoms with Crippen molar-refractivity contribution < 1.29 is 14.7 Å². The molecule has 22 heavy (non-hydrogen) atoms. The molecule has 0 saturated heterocycles. The number of benzene rings is 1. The summed E-state index contributed by atoms with van der Waals surface area (Å²) in [5.41, 5.74) is 1.41. The molecule has 0 saturated carbocycles. The summed E-state index contributed by atoms with van der Waals surface area (Å²) in [6, 6.07) is 8.57. The van der Waals surface area contributed by atoms with Crippen LogP contribution in [0.3, 0.4) is 0 Å². The molecule has 0 fully saturated rings. The van der Waals surface area contributed by atoms with Crippen LogP contribution in [-0.4, -0.2) is 28.8 Å². The van der Waals surface area contributed by atoms with Gasteiger partial charge in [-0.15, -0.1) is 0 Å². The van der Waals surface area contributed by atoms with Crippen molar-refractivity contribution in [3.05, 3.63) is 47.2 Å². The summed E-state index contributed by atoms with van der Waals surface area (Å²) in [6.45, 7) is 0. The highest BCUT2D eigenvalue weighted by Gasteiger charge is 2.15. The molecule has 2 aromatic rings. The first-order chi connectivity index (χ1) is 10.5. The van der Waals surface area contributed by atoms with Crippen LogP contribution in [0.4, 0.5) is 0 Å². The summed E-state index contributed by atoms with van der Waals surface area (Å²) in [5, 5.41) is 13.0. The van der Waals surface area contributed by atoms with E-state index in [1.807, 2.05) is 6.07 Å². The topological polar surface area (TPSA) is 79.3 Å². The number of carbonyl (C=O) groups is 2. The number of rotatable bonds is 5. The minimum absolute atomic E-state index is 0.00323. The molecular formula is C16H15ClN2O3. The standard InChI is InChI=1S/C16H15ClN2O3/c1-18-15(22)6-5-13(20)16-14(21)8-11(9-19-16)10-3-2-4-12(17)7-10/h2-4,7-9,21H,5-6H2,1H3,(H,18,22). The van der Waals surface area contributed by atoms with Gasteiger partial charge in [-0.05, 0) is 23.8 Å². The normalized spacial score (nSPS) is 10.3. The summed E-state index contributed by atoms with van der Waals surface area (Å²) in [4.78, 5) is 27.1. The highest BCUT2D eigenvalue weighted by atomic mass is 35.5. The molecule has 1 aromatic carbocycles. The number of halogens is 1. The van der Waals surface area contributed by atoms with Crippen LogP contribution in [0, 0.1) is 0 Å². The third kappa shape index (κ3) is 3.83. The van der Waals surface area contributed by atoms with Crippen LogP contribution in [0.2, 0.25) is 5.02 Å². The van der Waals surface area contributed by atoms with Crippen molar-refractivity contribution in [3.63, 3.8) is 0 Å². The predicted octanol–water partition coefficient (Wildman–Crippen LogP) is 2.82. The van der Waals surface area contributed by atoms with Crippen LogP contribution >= 0.6 is 11.6 Å². The number of hydrogen-bond acceptors (Lipinski definition) is 4. The van der Waals surface area contributed by atoms with Crippen molar-refractivity contribution in [3.8, 4) is 16.9 Å². The Morgan fingerprint density at radius 1 is 1.23 bits per heavy atom. The van der Waals surface area contributed by atoms with Gasteiger partial charge >= 0.3 is 0 Å². The molecule has 2 N–H and O–H groups in total. The highest BCUT2D eigenvalue weighted by molar-refractivity contribution is 6.30. The van der Waals surface area contributed by atoms with Gasteiger partial charge in [-0.1, -0.05) is 23.7 Å². The predicted molar refractivity (Wildman–Crippen MR) is 84.0 cm³/mol. The molecule has 0 aliphatic rings. The average Bonchev–Trinajstić information content (AvgIpc) is 2.52. The Hall–Kier alpha value is -2.40. The number of nitrogens with zero attached hydrogens (tertiary/aromatic N) is 1. The van der Waals surface area contributed by atoms with Crippen LogP contribution in [0.5, 0.6) is 5.75 Å². The van der Waals surface area contributed by atoms with E-state index >= 15 is 0 Å². The fraction of sp³-hybridized carbons (Fsp3) is 0.188. The van der Waals surface area contributed by atoms with Crippen molar-refractivity contribution in [1.82, 2.24) is 10.3 Å². The Morgan fingerprint density at radius 2 is 2.00 bits per heavy atom. The van der Waals surface area contributed by atoms with Crippen molar-refractivity contribution in [2.45, 2.75) is 12.8 Å². The van der Waals surface area contributed by atoms with Crippen LogP contribution in [0.15, 0.2) is 36.5 Å². The first-order valence-electron chi connectivity index (χ1n) is 6.70. The van der Waals surface area contributed by atoms with E-state index in [9.17, 15) is 14.7 Å². The van der Waals surface area contributed by atoms with E-state index in [1.165, 1.54) is 19.3 Å². The van der Waals surface area contributed by atoms with E-state index in [0.29, 0.717) is 10.6 Å². The molecule has 1 amide bonds. The van der Waals surface area contributed by atoms with Crippen molar-refractivity contribution >= 4 is 23.3 Å². The molecule has 0 atom stereocenters. The first kappa shape index (κ1) is 16.0. The molecule has 0 bridgehead atoms. The molecule has 0 spiro atoms. The van der Waals surface area contributed by atoms with Crippen molar-refractivity contribution in [2.75, 3.05) is 7.05 Å². The van der Waals surface area contributed by atoms with Gasteiger partial charge in [0.25, 0.3) is 0 Å². The number of carbonyl (C=O) groups excluding carboxylic acids is 2. The lowest BCUT2D eigenvalue weighted by molar-refractivity contribution is -0.120. The van der Waals surface area contributed by atoms with E-state index in [-0.39, 0.29) is 36.0 Å². The number of aromatic nitrogens is 1. The van der Waals surface area contributed by atoms with Gasteiger partial charge in [-0.25, -0.2) is 4.98 Å². The van der Waals surface area contributed by atoms with E-state index in [1.54, 1.807) is 18.2 Å². The molecule has 0 aliphatic carbocycles. The number of ketones is 1.